The van der Waals surface area contributed by atoms with Crippen molar-refractivity contribution in [1.82, 2.24) is 10.4 Å². The van der Waals surface area contributed by atoms with Crippen LogP contribution in [0.5, 0.6) is 0 Å². The number of pyridine rings is 1. The Morgan fingerprint density at radius 3 is 2.78 bits per heavy atom. The Labute approximate surface area is 104 Å². The smallest absolute Gasteiger partial charge is 0.134 e. The highest BCUT2D eigenvalue weighted by Gasteiger charge is 2.16. The quantitative estimate of drug-likeness (QED) is 0.544. The molecule has 1 atom stereocenters. The zero-order chi connectivity index (χ0) is 12.4. The van der Waals surface area contributed by atoms with E-state index in [-0.39, 0.29) is 6.04 Å². The van der Waals surface area contributed by atoms with Crippen LogP contribution in [0.15, 0.2) is 59.3 Å². The van der Waals surface area contributed by atoms with Gasteiger partial charge in [0, 0.05) is 17.8 Å². The summed E-state index contributed by atoms with van der Waals surface area (Å²) in [5.41, 5.74) is 4.59. The van der Waals surface area contributed by atoms with E-state index >= 15 is 0 Å². The standard InChI is InChI=1S/C14H13N3O/c15-17-14(11-5-3-7-16-9-11)13-8-10-4-1-2-6-12(10)18-13/h1-9,14,17H,15H2. The van der Waals surface area contributed by atoms with Crippen molar-refractivity contribution in [2.75, 3.05) is 0 Å². The number of nitrogens with two attached hydrogens (primary N) is 1. The predicted molar refractivity (Wildman–Crippen MR) is 69.6 cm³/mol. The third kappa shape index (κ3) is 1.88. The van der Waals surface area contributed by atoms with Gasteiger partial charge in [0.05, 0.1) is 0 Å². The summed E-state index contributed by atoms with van der Waals surface area (Å²) in [6.07, 6.45) is 3.51. The number of hydrogen-bond acceptors (Lipinski definition) is 4. The van der Waals surface area contributed by atoms with Gasteiger partial charge in [-0.2, -0.15) is 0 Å². The van der Waals surface area contributed by atoms with Gasteiger partial charge in [0.25, 0.3) is 0 Å². The Morgan fingerprint density at radius 2 is 2.06 bits per heavy atom. The summed E-state index contributed by atoms with van der Waals surface area (Å²) in [5, 5.41) is 1.07. The summed E-state index contributed by atoms with van der Waals surface area (Å²) in [7, 11) is 0. The molecule has 0 aliphatic carbocycles. The van der Waals surface area contributed by atoms with Crippen LogP contribution < -0.4 is 11.3 Å². The molecule has 3 aromatic rings. The fourth-order valence-corrected chi connectivity index (χ4v) is 2.03. The van der Waals surface area contributed by atoms with E-state index in [1.807, 2.05) is 42.5 Å². The summed E-state index contributed by atoms with van der Waals surface area (Å²) in [4.78, 5) is 4.10. The highest BCUT2D eigenvalue weighted by molar-refractivity contribution is 5.77. The van der Waals surface area contributed by atoms with E-state index in [9.17, 15) is 0 Å². The molecule has 2 heterocycles. The Hall–Kier alpha value is -2.17. The third-order valence-electron chi connectivity index (χ3n) is 2.91. The van der Waals surface area contributed by atoms with Crippen molar-refractivity contribution in [3.63, 3.8) is 0 Å². The SMILES string of the molecule is NNC(c1cccnc1)c1cc2ccccc2o1. The molecule has 0 saturated heterocycles. The van der Waals surface area contributed by atoms with E-state index in [0.29, 0.717) is 0 Å². The van der Waals surface area contributed by atoms with Gasteiger partial charge in [0.1, 0.15) is 17.4 Å². The Morgan fingerprint density at radius 1 is 1.17 bits per heavy atom. The van der Waals surface area contributed by atoms with Crippen molar-refractivity contribution in [2.45, 2.75) is 6.04 Å². The van der Waals surface area contributed by atoms with Gasteiger partial charge in [-0.3, -0.25) is 10.8 Å². The van der Waals surface area contributed by atoms with E-state index in [2.05, 4.69) is 10.4 Å². The largest absolute Gasteiger partial charge is 0.459 e. The van der Waals surface area contributed by atoms with Crippen LogP contribution in [-0.4, -0.2) is 4.98 Å². The highest BCUT2D eigenvalue weighted by atomic mass is 16.3. The molecule has 3 rings (SSSR count). The van der Waals surface area contributed by atoms with Crippen LogP contribution in [0.3, 0.4) is 0 Å². The van der Waals surface area contributed by atoms with Gasteiger partial charge in [-0.15, -0.1) is 0 Å². The lowest BCUT2D eigenvalue weighted by molar-refractivity contribution is 0.476. The molecular weight excluding hydrogens is 226 g/mol. The van der Waals surface area contributed by atoms with Crippen LogP contribution in [0.4, 0.5) is 0 Å². The van der Waals surface area contributed by atoms with Crippen molar-refractivity contribution >= 4 is 11.0 Å². The van der Waals surface area contributed by atoms with E-state index in [4.69, 9.17) is 10.3 Å². The average Bonchev–Trinajstić information content (AvgIpc) is 2.84. The van der Waals surface area contributed by atoms with Crippen LogP contribution in [0, 0.1) is 0 Å². The molecule has 1 unspecified atom stereocenters. The minimum Gasteiger partial charge on any atom is -0.459 e. The first-order valence-electron chi connectivity index (χ1n) is 5.73. The van der Waals surface area contributed by atoms with E-state index < -0.39 is 0 Å². The van der Waals surface area contributed by atoms with Gasteiger partial charge >= 0.3 is 0 Å². The van der Waals surface area contributed by atoms with Crippen LogP contribution in [-0.2, 0) is 0 Å². The molecule has 0 spiro atoms. The summed E-state index contributed by atoms with van der Waals surface area (Å²) in [6, 6.07) is 13.5. The van der Waals surface area contributed by atoms with E-state index in [1.165, 1.54) is 0 Å². The van der Waals surface area contributed by atoms with Crippen molar-refractivity contribution in [3.8, 4) is 0 Å². The molecule has 1 aromatic carbocycles. The van der Waals surface area contributed by atoms with Crippen LogP contribution in [0.1, 0.15) is 17.4 Å². The van der Waals surface area contributed by atoms with Crippen LogP contribution in [0.2, 0.25) is 0 Å². The molecule has 0 radical (unpaired) electrons. The molecule has 4 nitrogen and oxygen atoms in total. The zero-order valence-electron chi connectivity index (χ0n) is 9.71. The zero-order valence-corrected chi connectivity index (χ0v) is 9.71. The van der Waals surface area contributed by atoms with Gasteiger partial charge in [-0.25, -0.2) is 5.43 Å². The Kier molecular flexibility index (Phi) is 2.80. The second kappa shape index (κ2) is 4.60. The molecule has 0 amide bonds. The van der Waals surface area contributed by atoms with Crippen LogP contribution >= 0.6 is 0 Å². The summed E-state index contributed by atoms with van der Waals surface area (Å²) in [6.45, 7) is 0. The van der Waals surface area contributed by atoms with E-state index in [1.54, 1.807) is 12.4 Å². The lowest BCUT2D eigenvalue weighted by Crippen LogP contribution is -2.28. The molecule has 4 heteroatoms. The summed E-state index contributed by atoms with van der Waals surface area (Å²) in [5.74, 6) is 6.40. The monoisotopic (exact) mass is 239 g/mol. The topological polar surface area (TPSA) is 64.1 Å². The second-order valence-corrected chi connectivity index (χ2v) is 4.07. The average molecular weight is 239 g/mol. The third-order valence-corrected chi connectivity index (χ3v) is 2.91. The van der Waals surface area contributed by atoms with Gasteiger partial charge in [0.15, 0.2) is 0 Å². The normalized spacial score (nSPS) is 12.7. The number of aromatic nitrogens is 1. The molecule has 0 aliphatic rings. The number of fused-ring (bicyclic) bond motifs is 1. The van der Waals surface area contributed by atoms with Crippen molar-refractivity contribution in [1.29, 1.82) is 0 Å². The minimum absolute atomic E-state index is 0.189. The first-order valence-corrected chi connectivity index (χ1v) is 5.73. The maximum Gasteiger partial charge on any atom is 0.134 e. The number of hydrogen-bond donors (Lipinski definition) is 2. The minimum atomic E-state index is -0.189. The Balaban J connectivity index is 2.06. The number of hydrazine groups is 1. The van der Waals surface area contributed by atoms with Gasteiger partial charge in [0.2, 0.25) is 0 Å². The molecule has 3 N–H and O–H groups in total. The molecule has 90 valence electrons. The van der Waals surface area contributed by atoms with Gasteiger partial charge in [-0.05, 0) is 23.8 Å². The molecule has 18 heavy (non-hydrogen) atoms. The molecule has 2 aromatic heterocycles. The molecule has 0 aliphatic heterocycles. The molecule has 0 saturated carbocycles. The van der Waals surface area contributed by atoms with Crippen molar-refractivity contribution < 1.29 is 4.42 Å². The number of nitrogens with one attached hydrogen (secondary N) is 1. The van der Waals surface area contributed by atoms with Crippen LogP contribution in [0.25, 0.3) is 11.0 Å². The fourth-order valence-electron chi connectivity index (χ4n) is 2.03. The number of rotatable bonds is 3. The first-order chi connectivity index (χ1) is 8.88. The summed E-state index contributed by atoms with van der Waals surface area (Å²) < 4.78 is 5.81. The first kappa shape index (κ1) is 11.0. The maximum absolute atomic E-state index is 5.81. The number of para-hydroxylation sites is 1. The molecular formula is C14H13N3O. The molecule has 0 bridgehead atoms. The highest BCUT2D eigenvalue weighted by Crippen LogP contribution is 2.27. The second-order valence-electron chi connectivity index (χ2n) is 4.07. The number of nitrogens with zero attached hydrogens (tertiary/aromatic N) is 1. The van der Waals surface area contributed by atoms with Crippen molar-refractivity contribution in [3.05, 3.63) is 66.2 Å². The lowest BCUT2D eigenvalue weighted by atomic mass is 10.1. The maximum atomic E-state index is 5.81. The fraction of sp³-hybridized carbons (Fsp3) is 0.0714. The van der Waals surface area contributed by atoms with E-state index in [0.717, 1.165) is 22.3 Å². The Bertz CT molecular complexity index is 615. The number of benzene rings is 1. The lowest BCUT2D eigenvalue weighted by Gasteiger charge is -2.12. The number of furan rings is 1. The van der Waals surface area contributed by atoms with Gasteiger partial charge < -0.3 is 4.42 Å². The predicted octanol–water partition coefficient (Wildman–Crippen LogP) is 2.38. The van der Waals surface area contributed by atoms with Crippen molar-refractivity contribution in [2.24, 2.45) is 5.84 Å². The molecule has 0 fully saturated rings. The van der Waals surface area contributed by atoms with Gasteiger partial charge in [-0.1, -0.05) is 24.3 Å². The summed E-state index contributed by atoms with van der Waals surface area (Å²) >= 11 is 0.